The zero-order chi connectivity index (χ0) is 12.0. The average molecular weight is 231 g/mol. The standard InChI is InChI=1S/C12H25NOS/c1-6-10(7-2)9(5)13-12(14)11(15)8(3)4/h8-11,15H,6-7H2,1-5H3,(H,13,14). The van der Waals surface area contributed by atoms with E-state index in [9.17, 15) is 4.79 Å². The maximum atomic E-state index is 11.7. The molecule has 1 amide bonds. The predicted octanol–water partition coefficient (Wildman–Crippen LogP) is 2.88. The van der Waals surface area contributed by atoms with Gasteiger partial charge in [-0.1, -0.05) is 40.5 Å². The van der Waals surface area contributed by atoms with Crippen molar-refractivity contribution < 1.29 is 4.79 Å². The monoisotopic (exact) mass is 231 g/mol. The number of carbonyl (C=O) groups is 1. The van der Waals surface area contributed by atoms with Gasteiger partial charge in [-0.25, -0.2) is 0 Å². The van der Waals surface area contributed by atoms with Crippen molar-refractivity contribution in [1.29, 1.82) is 0 Å². The van der Waals surface area contributed by atoms with E-state index in [-0.39, 0.29) is 23.1 Å². The lowest BCUT2D eigenvalue weighted by Gasteiger charge is -2.24. The molecule has 0 aromatic carbocycles. The molecule has 0 fully saturated rings. The highest BCUT2D eigenvalue weighted by molar-refractivity contribution is 7.81. The molecule has 0 saturated heterocycles. The lowest BCUT2D eigenvalue weighted by atomic mass is 9.95. The van der Waals surface area contributed by atoms with Crippen LogP contribution in [0.1, 0.15) is 47.5 Å². The van der Waals surface area contributed by atoms with Gasteiger partial charge >= 0.3 is 0 Å². The fraction of sp³-hybridized carbons (Fsp3) is 0.917. The summed E-state index contributed by atoms with van der Waals surface area (Å²) in [6.45, 7) is 10.4. The minimum absolute atomic E-state index is 0.0627. The summed E-state index contributed by atoms with van der Waals surface area (Å²) in [6.07, 6.45) is 2.22. The fourth-order valence-corrected chi connectivity index (χ4v) is 1.80. The molecule has 0 aliphatic heterocycles. The highest BCUT2D eigenvalue weighted by atomic mass is 32.1. The van der Waals surface area contributed by atoms with Crippen molar-refractivity contribution in [3.8, 4) is 0 Å². The quantitative estimate of drug-likeness (QED) is 0.676. The van der Waals surface area contributed by atoms with Crippen molar-refractivity contribution in [3.63, 3.8) is 0 Å². The molecule has 0 aliphatic rings. The Morgan fingerprint density at radius 1 is 1.20 bits per heavy atom. The second-order valence-corrected chi connectivity index (χ2v) is 5.12. The summed E-state index contributed by atoms with van der Waals surface area (Å²) in [4.78, 5) is 11.7. The molecule has 0 rings (SSSR count). The fourth-order valence-electron chi connectivity index (χ4n) is 1.73. The zero-order valence-electron chi connectivity index (χ0n) is 10.6. The maximum absolute atomic E-state index is 11.7. The number of amides is 1. The van der Waals surface area contributed by atoms with E-state index in [1.54, 1.807) is 0 Å². The minimum Gasteiger partial charge on any atom is -0.352 e. The molecule has 90 valence electrons. The van der Waals surface area contributed by atoms with Crippen LogP contribution in [0.5, 0.6) is 0 Å². The summed E-state index contributed by atoms with van der Waals surface area (Å²) < 4.78 is 0. The van der Waals surface area contributed by atoms with E-state index in [1.165, 1.54) is 0 Å². The van der Waals surface area contributed by atoms with Crippen LogP contribution in [-0.4, -0.2) is 17.2 Å². The summed E-state index contributed by atoms with van der Waals surface area (Å²) >= 11 is 4.31. The molecule has 0 heterocycles. The van der Waals surface area contributed by atoms with E-state index < -0.39 is 0 Å². The normalized spacial score (nSPS) is 15.5. The van der Waals surface area contributed by atoms with E-state index >= 15 is 0 Å². The van der Waals surface area contributed by atoms with Gasteiger partial charge < -0.3 is 5.32 Å². The Bertz CT molecular complexity index is 190. The number of nitrogens with one attached hydrogen (secondary N) is 1. The van der Waals surface area contributed by atoms with Gasteiger partial charge in [0.1, 0.15) is 0 Å². The molecule has 2 nitrogen and oxygen atoms in total. The van der Waals surface area contributed by atoms with Crippen molar-refractivity contribution in [3.05, 3.63) is 0 Å². The van der Waals surface area contributed by atoms with Gasteiger partial charge in [0.2, 0.25) is 5.91 Å². The van der Waals surface area contributed by atoms with Crippen molar-refractivity contribution in [2.24, 2.45) is 11.8 Å². The third kappa shape index (κ3) is 4.92. The molecule has 3 heteroatoms. The lowest BCUT2D eigenvalue weighted by Crippen LogP contribution is -2.43. The molecule has 0 bridgehead atoms. The van der Waals surface area contributed by atoms with Crippen LogP contribution in [0.3, 0.4) is 0 Å². The first-order chi connectivity index (χ1) is 6.93. The van der Waals surface area contributed by atoms with E-state index in [0.29, 0.717) is 5.92 Å². The first-order valence-corrected chi connectivity index (χ1v) is 6.44. The Kier molecular flexibility index (Phi) is 7.07. The molecule has 0 aliphatic carbocycles. The third-order valence-electron chi connectivity index (χ3n) is 3.03. The van der Waals surface area contributed by atoms with Gasteiger partial charge in [-0.15, -0.1) is 0 Å². The van der Waals surface area contributed by atoms with Gasteiger partial charge in [0, 0.05) is 6.04 Å². The van der Waals surface area contributed by atoms with Gasteiger partial charge in [-0.2, -0.15) is 12.6 Å². The topological polar surface area (TPSA) is 29.1 Å². The van der Waals surface area contributed by atoms with Gasteiger partial charge in [0.15, 0.2) is 0 Å². The van der Waals surface area contributed by atoms with Crippen LogP contribution in [0.4, 0.5) is 0 Å². The molecular formula is C12H25NOS. The third-order valence-corrected chi connectivity index (χ3v) is 3.86. The molecule has 0 spiro atoms. The molecule has 2 unspecified atom stereocenters. The Morgan fingerprint density at radius 3 is 2.00 bits per heavy atom. The first-order valence-electron chi connectivity index (χ1n) is 5.92. The number of hydrogen-bond acceptors (Lipinski definition) is 2. The van der Waals surface area contributed by atoms with Gasteiger partial charge in [-0.3, -0.25) is 4.79 Å². The number of rotatable bonds is 6. The highest BCUT2D eigenvalue weighted by Gasteiger charge is 2.21. The molecular weight excluding hydrogens is 206 g/mol. The Balaban J connectivity index is 4.16. The molecule has 0 radical (unpaired) electrons. The highest BCUT2D eigenvalue weighted by Crippen LogP contribution is 2.14. The number of hydrogen-bond donors (Lipinski definition) is 2. The second kappa shape index (κ2) is 7.15. The minimum atomic E-state index is -0.193. The van der Waals surface area contributed by atoms with Crippen molar-refractivity contribution >= 4 is 18.5 Å². The Morgan fingerprint density at radius 2 is 1.67 bits per heavy atom. The summed E-state index contributed by atoms with van der Waals surface area (Å²) in [6, 6.07) is 0.251. The molecule has 0 aromatic heterocycles. The second-order valence-electron chi connectivity index (χ2n) is 4.56. The Labute approximate surface area is 99.6 Å². The molecule has 15 heavy (non-hydrogen) atoms. The molecule has 1 N–H and O–H groups in total. The van der Waals surface area contributed by atoms with Crippen molar-refractivity contribution in [2.45, 2.75) is 58.8 Å². The zero-order valence-corrected chi connectivity index (χ0v) is 11.5. The van der Waals surface area contributed by atoms with E-state index in [2.05, 4.69) is 38.7 Å². The van der Waals surface area contributed by atoms with E-state index in [4.69, 9.17) is 0 Å². The van der Waals surface area contributed by atoms with Gasteiger partial charge in [-0.05, 0) is 18.8 Å². The van der Waals surface area contributed by atoms with E-state index in [0.717, 1.165) is 12.8 Å². The summed E-state index contributed by atoms with van der Waals surface area (Å²) in [7, 11) is 0. The number of carbonyl (C=O) groups excluding carboxylic acids is 1. The average Bonchev–Trinajstić information content (AvgIpc) is 2.18. The van der Waals surface area contributed by atoms with Crippen LogP contribution in [0.2, 0.25) is 0 Å². The van der Waals surface area contributed by atoms with Crippen molar-refractivity contribution in [1.82, 2.24) is 5.32 Å². The molecule has 0 aromatic rings. The predicted molar refractivity (Wildman–Crippen MR) is 69.3 cm³/mol. The number of thiol groups is 1. The van der Waals surface area contributed by atoms with Crippen LogP contribution in [0, 0.1) is 11.8 Å². The Hall–Kier alpha value is -0.180. The van der Waals surface area contributed by atoms with Crippen LogP contribution >= 0.6 is 12.6 Å². The van der Waals surface area contributed by atoms with Crippen LogP contribution < -0.4 is 5.32 Å². The first kappa shape index (κ1) is 14.8. The summed E-state index contributed by atoms with van der Waals surface area (Å²) in [5, 5.41) is 2.85. The maximum Gasteiger partial charge on any atom is 0.233 e. The van der Waals surface area contributed by atoms with Crippen molar-refractivity contribution in [2.75, 3.05) is 0 Å². The van der Waals surface area contributed by atoms with Gasteiger partial charge in [0.25, 0.3) is 0 Å². The largest absolute Gasteiger partial charge is 0.352 e. The molecule has 2 atom stereocenters. The molecule has 0 saturated carbocycles. The van der Waals surface area contributed by atoms with E-state index in [1.807, 2.05) is 13.8 Å². The van der Waals surface area contributed by atoms with Crippen LogP contribution in [-0.2, 0) is 4.79 Å². The van der Waals surface area contributed by atoms with Crippen LogP contribution in [0.25, 0.3) is 0 Å². The SMILES string of the molecule is CCC(CC)C(C)NC(=O)C(S)C(C)C. The summed E-state index contributed by atoms with van der Waals surface area (Å²) in [5.74, 6) is 0.914. The summed E-state index contributed by atoms with van der Waals surface area (Å²) in [5.41, 5.74) is 0. The lowest BCUT2D eigenvalue weighted by molar-refractivity contribution is -0.122. The van der Waals surface area contributed by atoms with Crippen LogP contribution in [0.15, 0.2) is 0 Å². The van der Waals surface area contributed by atoms with Gasteiger partial charge in [0.05, 0.1) is 5.25 Å². The smallest absolute Gasteiger partial charge is 0.233 e.